The average molecular weight is 512 g/mol. The van der Waals surface area contributed by atoms with Gasteiger partial charge in [-0.1, -0.05) is 18.2 Å². The molecule has 0 aliphatic carbocycles. The highest BCUT2D eigenvalue weighted by molar-refractivity contribution is 5.85. The molecule has 0 bridgehead atoms. The molecule has 0 radical (unpaired) electrons. The summed E-state index contributed by atoms with van der Waals surface area (Å²) in [4.78, 5) is 0. The van der Waals surface area contributed by atoms with E-state index >= 15 is 0 Å². The Morgan fingerprint density at radius 2 is 2.03 bits per heavy atom. The first-order valence-corrected chi connectivity index (χ1v) is 11.7. The molecule has 0 spiro atoms. The van der Waals surface area contributed by atoms with E-state index in [1.165, 1.54) is 0 Å². The molecule has 2 atom stereocenters. The number of anilines is 1. The lowest BCUT2D eigenvalue weighted by Gasteiger charge is -2.27. The third kappa shape index (κ3) is 10.5. The standard InChI is InChI=1S/C24H37N5O5.ClH/c1-24(2,17-34-23-10-9-22(27-25)28-29-23)26-14-19(30)15-33-21-8-4-3-6-18(21)11-13-31-16-20-7-5-12-32-20;/h3-4,6,8-10,19-20,26,30H,5,7,11-17,25H2,1-2H3,(H,27,28);1H. The van der Waals surface area contributed by atoms with Gasteiger partial charge in [0.1, 0.15) is 25.1 Å². The molecule has 1 aliphatic heterocycles. The van der Waals surface area contributed by atoms with Gasteiger partial charge < -0.3 is 34.8 Å². The number of benzene rings is 1. The van der Waals surface area contributed by atoms with Crippen molar-refractivity contribution in [2.24, 2.45) is 5.84 Å². The van der Waals surface area contributed by atoms with Crippen molar-refractivity contribution in [3.05, 3.63) is 42.0 Å². The number of nitrogens with zero attached hydrogens (tertiary/aromatic N) is 2. The van der Waals surface area contributed by atoms with Gasteiger partial charge in [0, 0.05) is 24.8 Å². The van der Waals surface area contributed by atoms with E-state index in [-0.39, 0.29) is 25.1 Å². The van der Waals surface area contributed by atoms with Gasteiger partial charge in [-0.2, -0.15) is 0 Å². The number of aliphatic hydroxyl groups excluding tert-OH is 1. The second-order valence-corrected chi connectivity index (χ2v) is 8.99. The van der Waals surface area contributed by atoms with Crippen molar-refractivity contribution < 1.29 is 24.1 Å². The van der Waals surface area contributed by atoms with Crippen LogP contribution in [0.5, 0.6) is 11.6 Å². The smallest absolute Gasteiger partial charge is 0.233 e. The summed E-state index contributed by atoms with van der Waals surface area (Å²) in [5, 5.41) is 21.5. The zero-order valence-electron chi connectivity index (χ0n) is 20.4. The fourth-order valence-electron chi connectivity index (χ4n) is 3.44. The maximum absolute atomic E-state index is 10.4. The highest BCUT2D eigenvalue weighted by Gasteiger charge is 2.21. The molecule has 1 aliphatic rings. The summed E-state index contributed by atoms with van der Waals surface area (Å²) < 4.78 is 23.0. The Bertz CT molecular complexity index is 852. The molecule has 0 saturated carbocycles. The summed E-state index contributed by atoms with van der Waals surface area (Å²) in [6.07, 6.45) is 2.47. The fourth-order valence-corrected chi connectivity index (χ4v) is 3.44. The normalized spacial score (nSPS) is 16.4. The first-order valence-electron chi connectivity index (χ1n) is 11.7. The highest BCUT2D eigenvalue weighted by Crippen LogP contribution is 2.19. The van der Waals surface area contributed by atoms with Gasteiger partial charge in [-0.3, -0.25) is 0 Å². The molecule has 1 fully saturated rings. The zero-order valence-corrected chi connectivity index (χ0v) is 21.3. The molecule has 2 aromatic rings. The number of nitrogens with two attached hydrogens (primary N) is 1. The van der Waals surface area contributed by atoms with Crippen LogP contribution in [0.4, 0.5) is 5.82 Å². The van der Waals surface area contributed by atoms with E-state index in [0.717, 1.165) is 37.2 Å². The Hall–Kier alpha value is -2.21. The van der Waals surface area contributed by atoms with E-state index in [2.05, 4.69) is 20.9 Å². The van der Waals surface area contributed by atoms with Crippen molar-refractivity contribution in [1.82, 2.24) is 15.5 Å². The monoisotopic (exact) mass is 511 g/mol. The number of nitrogens with one attached hydrogen (secondary N) is 2. The van der Waals surface area contributed by atoms with Gasteiger partial charge in [0.2, 0.25) is 5.88 Å². The predicted octanol–water partition coefficient (Wildman–Crippen LogP) is 2.11. The second-order valence-electron chi connectivity index (χ2n) is 8.99. The van der Waals surface area contributed by atoms with Crippen molar-refractivity contribution in [3.63, 3.8) is 0 Å². The Morgan fingerprint density at radius 1 is 1.20 bits per heavy atom. The van der Waals surface area contributed by atoms with Crippen LogP contribution < -0.4 is 26.1 Å². The molecular weight excluding hydrogens is 474 g/mol. The van der Waals surface area contributed by atoms with Gasteiger partial charge in [0.05, 0.1) is 19.3 Å². The van der Waals surface area contributed by atoms with Crippen LogP contribution in [0.1, 0.15) is 32.3 Å². The van der Waals surface area contributed by atoms with Crippen molar-refractivity contribution in [1.29, 1.82) is 0 Å². The minimum atomic E-state index is -0.683. The molecule has 5 N–H and O–H groups in total. The number of ether oxygens (including phenoxy) is 4. The molecule has 11 heteroatoms. The number of rotatable bonds is 15. The first-order chi connectivity index (χ1) is 16.4. The summed E-state index contributed by atoms with van der Waals surface area (Å²) in [6.45, 7) is 6.91. The maximum atomic E-state index is 10.4. The van der Waals surface area contributed by atoms with Gasteiger partial charge in [0.25, 0.3) is 0 Å². The van der Waals surface area contributed by atoms with E-state index in [1.807, 2.05) is 38.1 Å². The van der Waals surface area contributed by atoms with E-state index in [1.54, 1.807) is 12.1 Å². The minimum absolute atomic E-state index is 0. The summed E-state index contributed by atoms with van der Waals surface area (Å²) in [6, 6.07) is 11.2. The van der Waals surface area contributed by atoms with Crippen LogP contribution >= 0.6 is 12.4 Å². The molecular formula is C24H38ClN5O5. The SMILES string of the molecule is CC(C)(COc1ccc(NN)nn1)NCC(O)COc1ccccc1CCOCC1CCCO1.Cl. The molecule has 2 heterocycles. The summed E-state index contributed by atoms with van der Waals surface area (Å²) in [5.74, 6) is 6.90. The van der Waals surface area contributed by atoms with Crippen molar-refractivity contribution in [2.45, 2.75) is 50.9 Å². The summed E-state index contributed by atoms with van der Waals surface area (Å²) in [7, 11) is 0. The number of aromatic nitrogens is 2. The molecule has 1 aromatic heterocycles. The maximum Gasteiger partial charge on any atom is 0.233 e. The third-order valence-corrected chi connectivity index (χ3v) is 5.43. The highest BCUT2D eigenvalue weighted by atomic mass is 35.5. The summed E-state index contributed by atoms with van der Waals surface area (Å²) in [5.41, 5.74) is 3.08. The van der Waals surface area contributed by atoms with Crippen LogP contribution in [-0.4, -0.2) is 72.6 Å². The number of halogens is 1. The first kappa shape index (κ1) is 29.0. The topological polar surface area (TPSA) is 133 Å². The van der Waals surface area contributed by atoms with Crippen LogP contribution in [0.15, 0.2) is 36.4 Å². The number of aliphatic hydroxyl groups is 1. The van der Waals surface area contributed by atoms with Gasteiger partial charge >= 0.3 is 0 Å². The quantitative estimate of drug-likeness (QED) is 0.160. The van der Waals surface area contributed by atoms with E-state index in [0.29, 0.717) is 38.1 Å². The number of β-amino-alcohol motifs (C(OH)–C–C–N with tert-alkyl or cyclic N) is 1. The lowest BCUT2D eigenvalue weighted by molar-refractivity contribution is 0.0181. The molecule has 1 aromatic carbocycles. The molecule has 2 unspecified atom stereocenters. The molecule has 0 amide bonds. The Kier molecular flexibility index (Phi) is 12.5. The van der Waals surface area contributed by atoms with Crippen LogP contribution in [0, 0.1) is 0 Å². The van der Waals surface area contributed by atoms with Gasteiger partial charge in [-0.25, -0.2) is 5.84 Å². The van der Waals surface area contributed by atoms with E-state index in [9.17, 15) is 5.11 Å². The Labute approximate surface area is 213 Å². The van der Waals surface area contributed by atoms with Crippen LogP contribution in [0.25, 0.3) is 0 Å². The third-order valence-electron chi connectivity index (χ3n) is 5.43. The molecule has 10 nitrogen and oxygen atoms in total. The Balaban J connectivity index is 0.00000432. The fraction of sp³-hybridized carbons (Fsp3) is 0.583. The van der Waals surface area contributed by atoms with Crippen LogP contribution in [0.2, 0.25) is 0 Å². The number of para-hydroxylation sites is 1. The zero-order chi connectivity index (χ0) is 24.2. The lowest BCUT2D eigenvalue weighted by Crippen LogP contribution is -2.48. The molecule has 35 heavy (non-hydrogen) atoms. The molecule has 3 rings (SSSR count). The van der Waals surface area contributed by atoms with Crippen molar-refractivity contribution in [2.75, 3.05) is 45.0 Å². The van der Waals surface area contributed by atoms with Crippen molar-refractivity contribution in [3.8, 4) is 11.6 Å². The number of hydrazine groups is 1. The predicted molar refractivity (Wildman–Crippen MR) is 136 cm³/mol. The summed E-state index contributed by atoms with van der Waals surface area (Å²) >= 11 is 0. The Morgan fingerprint density at radius 3 is 2.74 bits per heavy atom. The van der Waals surface area contributed by atoms with E-state index < -0.39 is 11.6 Å². The lowest BCUT2D eigenvalue weighted by atomic mass is 10.1. The van der Waals surface area contributed by atoms with Crippen LogP contribution in [0.3, 0.4) is 0 Å². The van der Waals surface area contributed by atoms with Crippen molar-refractivity contribution >= 4 is 18.2 Å². The number of nitrogen functional groups attached to an aromatic ring is 1. The molecule has 1 saturated heterocycles. The van der Waals surface area contributed by atoms with Gasteiger partial charge in [-0.05, 0) is 50.8 Å². The minimum Gasteiger partial charge on any atom is -0.491 e. The average Bonchev–Trinajstić information content (AvgIpc) is 3.37. The van der Waals surface area contributed by atoms with Gasteiger partial charge in [0.15, 0.2) is 5.82 Å². The largest absolute Gasteiger partial charge is 0.491 e. The van der Waals surface area contributed by atoms with E-state index in [4.69, 9.17) is 24.8 Å². The van der Waals surface area contributed by atoms with Gasteiger partial charge in [-0.15, -0.1) is 22.6 Å². The second kappa shape index (κ2) is 15.0. The van der Waals surface area contributed by atoms with Crippen LogP contribution in [-0.2, 0) is 15.9 Å². The number of hydrogen-bond donors (Lipinski definition) is 4. The molecule has 196 valence electrons. The number of hydrogen-bond acceptors (Lipinski definition) is 10.